The minimum absolute atomic E-state index is 0.0895. The van der Waals surface area contributed by atoms with E-state index in [0.29, 0.717) is 12.8 Å². The van der Waals surface area contributed by atoms with Gasteiger partial charge in [0.05, 0.1) is 12.8 Å². The third-order valence-corrected chi connectivity index (χ3v) is 6.30. The van der Waals surface area contributed by atoms with Crippen LogP contribution in [-0.4, -0.2) is 22.2 Å². The predicted molar refractivity (Wildman–Crippen MR) is 100 cm³/mol. The van der Waals surface area contributed by atoms with E-state index in [4.69, 9.17) is 10.2 Å². The number of benzene rings is 1. The van der Waals surface area contributed by atoms with E-state index in [0.717, 1.165) is 64.2 Å². The molecule has 0 amide bonds. The Morgan fingerprint density at radius 2 is 1.23 bits per heavy atom. The van der Waals surface area contributed by atoms with E-state index < -0.39 is 11.9 Å². The summed E-state index contributed by atoms with van der Waals surface area (Å²) in [5.41, 5.74) is 2.85. The van der Waals surface area contributed by atoms with Crippen LogP contribution in [0.5, 0.6) is 0 Å². The van der Waals surface area contributed by atoms with E-state index in [1.807, 2.05) is 0 Å². The summed E-state index contributed by atoms with van der Waals surface area (Å²) >= 11 is 0. The van der Waals surface area contributed by atoms with Crippen molar-refractivity contribution in [1.82, 2.24) is 0 Å². The molecule has 3 rings (SSSR count). The van der Waals surface area contributed by atoms with Crippen molar-refractivity contribution in [2.75, 3.05) is 0 Å². The molecule has 2 fully saturated rings. The van der Waals surface area contributed by atoms with Crippen molar-refractivity contribution in [3.63, 3.8) is 0 Å². The molecule has 0 saturated heterocycles. The van der Waals surface area contributed by atoms with Gasteiger partial charge in [-0.3, -0.25) is 9.59 Å². The molecule has 2 N–H and O–H groups in total. The van der Waals surface area contributed by atoms with Crippen molar-refractivity contribution in [1.29, 1.82) is 0 Å². The Labute approximate surface area is 155 Å². The highest BCUT2D eigenvalue weighted by atomic mass is 16.4. The van der Waals surface area contributed by atoms with Gasteiger partial charge in [-0.25, -0.2) is 0 Å². The molecule has 1 aromatic rings. The van der Waals surface area contributed by atoms with Crippen LogP contribution in [0.25, 0.3) is 0 Å². The number of aliphatic carboxylic acids is 2. The van der Waals surface area contributed by atoms with Gasteiger partial charge in [0, 0.05) is 0 Å². The molecule has 0 heterocycles. The molecule has 26 heavy (non-hydrogen) atoms. The summed E-state index contributed by atoms with van der Waals surface area (Å²) in [5, 5.41) is 18.0. The van der Waals surface area contributed by atoms with Gasteiger partial charge in [0.25, 0.3) is 0 Å². The zero-order valence-electron chi connectivity index (χ0n) is 15.5. The van der Waals surface area contributed by atoms with Crippen molar-refractivity contribution in [3.05, 3.63) is 35.4 Å². The topological polar surface area (TPSA) is 74.6 Å². The number of aryl methyl sites for hydroxylation is 2. The first-order valence-electron chi connectivity index (χ1n) is 9.92. The highest BCUT2D eigenvalue weighted by Crippen LogP contribution is 2.53. The molecule has 0 spiro atoms. The Morgan fingerprint density at radius 3 is 1.58 bits per heavy atom. The molecule has 2 aliphatic carbocycles. The number of carboxylic acids is 2. The summed E-state index contributed by atoms with van der Waals surface area (Å²) in [6.45, 7) is 0. The van der Waals surface area contributed by atoms with Crippen molar-refractivity contribution in [2.24, 2.45) is 10.8 Å². The van der Waals surface area contributed by atoms with Crippen molar-refractivity contribution < 1.29 is 19.8 Å². The summed E-state index contributed by atoms with van der Waals surface area (Å²) in [7, 11) is 0. The lowest BCUT2D eigenvalue weighted by molar-refractivity contribution is -0.139. The van der Waals surface area contributed by atoms with Gasteiger partial charge in [0.15, 0.2) is 0 Å². The molecule has 2 saturated carbocycles. The molecule has 4 heteroatoms. The van der Waals surface area contributed by atoms with E-state index in [9.17, 15) is 9.59 Å². The average molecular weight is 358 g/mol. The molecule has 2 aliphatic rings. The van der Waals surface area contributed by atoms with Gasteiger partial charge < -0.3 is 10.2 Å². The third-order valence-electron chi connectivity index (χ3n) is 6.30. The minimum atomic E-state index is -0.666. The van der Waals surface area contributed by atoms with Gasteiger partial charge in [-0.1, -0.05) is 24.3 Å². The predicted octanol–water partition coefficient (Wildman–Crippen LogP) is 4.84. The highest BCUT2D eigenvalue weighted by Gasteiger charge is 2.44. The van der Waals surface area contributed by atoms with E-state index >= 15 is 0 Å². The van der Waals surface area contributed by atoms with Gasteiger partial charge in [-0.2, -0.15) is 0 Å². The quantitative estimate of drug-likeness (QED) is 0.560. The normalized spacial score (nSPS) is 19.1. The first-order chi connectivity index (χ1) is 12.4. The Morgan fingerprint density at radius 1 is 0.808 bits per heavy atom. The van der Waals surface area contributed by atoms with E-state index in [1.165, 1.54) is 11.1 Å². The van der Waals surface area contributed by atoms with Crippen LogP contribution < -0.4 is 0 Å². The van der Waals surface area contributed by atoms with Crippen molar-refractivity contribution in [3.8, 4) is 0 Å². The standard InChI is InChI=1S/C22H30O4/c23-19(24)15-21(10-11-21)8-2-6-17-4-1-5-18(14-17)7-3-9-22(12-13-22)16-20(25)26/h1,4-5,14H,2-3,6-13,15-16H2,(H,23,24)(H,25,26). The Bertz CT molecular complexity index is 603. The number of carboxylic acid groups (broad SMARTS) is 2. The fraction of sp³-hybridized carbons (Fsp3) is 0.636. The zero-order valence-corrected chi connectivity index (χ0v) is 15.5. The third kappa shape index (κ3) is 5.58. The molecule has 1 aromatic carbocycles. The molecule has 0 aromatic heterocycles. The molecular weight excluding hydrogens is 328 g/mol. The molecule has 0 radical (unpaired) electrons. The number of hydrogen-bond donors (Lipinski definition) is 2. The fourth-order valence-electron chi connectivity index (χ4n) is 4.30. The maximum Gasteiger partial charge on any atom is 0.303 e. The number of carbonyl (C=O) groups is 2. The van der Waals surface area contributed by atoms with E-state index in [1.54, 1.807) is 0 Å². The minimum Gasteiger partial charge on any atom is -0.481 e. The zero-order chi connectivity index (χ0) is 18.6. The van der Waals surface area contributed by atoms with Crippen LogP contribution in [0.4, 0.5) is 0 Å². The average Bonchev–Trinajstić information content (AvgIpc) is 3.47. The summed E-state index contributed by atoms with van der Waals surface area (Å²) in [6.07, 6.45) is 11.1. The molecule has 0 bridgehead atoms. The number of rotatable bonds is 12. The smallest absolute Gasteiger partial charge is 0.303 e. The Kier molecular flexibility index (Phi) is 5.69. The Balaban J connectivity index is 1.40. The van der Waals surface area contributed by atoms with Crippen molar-refractivity contribution >= 4 is 11.9 Å². The van der Waals surface area contributed by atoms with Crippen LogP contribution in [0.3, 0.4) is 0 Å². The number of hydrogen-bond acceptors (Lipinski definition) is 2. The molecule has 0 unspecified atom stereocenters. The van der Waals surface area contributed by atoms with Gasteiger partial charge >= 0.3 is 11.9 Å². The van der Waals surface area contributed by atoms with Gasteiger partial charge in [-0.05, 0) is 86.2 Å². The maximum atomic E-state index is 10.9. The SMILES string of the molecule is O=C(O)CC1(CCCc2cccc(CCCC3(CC(=O)O)CC3)c2)CC1. The molecular formula is C22H30O4. The molecule has 0 aliphatic heterocycles. The largest absolute Gasteiger partial charge is 0.481 e. The van der Waals surface area contributed by atoms with Crippen LogP contribution in [-0.2, 0) is 22.4 Å². The van der Waals surface area contributed by atoms with E-state index in [2.05, 4.69) is 24.3 Å². The summed E-state index contributed by atoms with van der Waals surface area (Å²) in [5.74, 6) is -1.33. The molecule has 4 nitrogen and oxygen atoms in total. The van der Waals surface area contributed by atoms with Crippen LogP contribution in [0, 0.1) is 10.8 Å². The second kappa shape index (κ2) is 7.81. The lowest BCUT2D eigenvalue weighted by atomic mass is 9.92. The van der Waals surface area contributed by atoms with Gasteiger partial charge in [0.2, 0.25) is 0 Å². The van der Waals surface area contributed by atoms with Gasteiger partial charge in [-0.15, -0.1) is 0 Å². The monoisotopic (exact) mass is 358 g/mol. The molecule has 0 atom stereocenters. The fourth-order valence-corrected chi connectivity index (χ4v) is 4.30. The Hall–Kier alpha value is -1.84. The summed E-state index contributed by atoms with van der Waals surface area (Å²) in [6, 6.07) is 8.70. The summed E-state index contributed by atoms with van der Waals surface area (Å²) < 4.78 is 0. The first kappa shape index (κ1) is 18.9. The van der Waals surface area contributed by atoms with E-state index in [-0.39, 0.29) is 10.8 Å². The summed E-state index contributed by atoms with van der Waals surface area (Å²) in [4.78, 5) is 21.9. The second-order valence-corrected chi connectivity index (χ2v) is 8.67. The van der Waals surface area contributed by atoms with Crippen molar-refractivity contribution in [2.45, 2.75) is 77.0 Å². The van der Waals surface area contributed by atoms with Crippen LogP contribution >= 0.6 is 0 Å². The second-order valence-electron chi connectivity index (χ2n) is 8.67. The maximum absolute atomic E-state index is 10.9. The molecule has 142 valence electrons. The van der Waals surface area contributed by atoms with Crippen LogP contribution in [0.1, 0.15) is 75.3 Å². The lowest BCUT2D eigenvalue weighted by Crippen LogP contribution is -2.09. The van der Waals surface area contributed by atoms with Gasteiger partial charge in [0.1, 0.15) is 0 Å². The van der Waals surface area contributed by atoms with Crippen LogP contribution in [0.2, 0.25) is 0 Å². The highest BCUT2D eigenvalue weighted by molar-refractivity contribution is 5.68. The van der Waals surface area contributed by atoms with Crippen LogP contribution in [0.15, 0.2) is 24.3 Å². The first-order valence-corrected chi connectivity index (χ1v) is 9.92. The lowest BCUT2D eigenvalue weighted by Gasteiger charge is -2.13.